The molecule has 2 aromatic carbocycles. The van der Waals surface area contributed by atoms with Gasteiger partial charge in [0.2, 0.25) is 11.8 Å². The molecule has 6 nitrogen and oxygen atoms in total. The van der Waals surface area contributed by atoms with E-state index in [4.69, 9.17) is 32.7 Å². The Bertz CT molecular complexity index is 967. The number of rotatable bonds is 9. The van der Waals surface area contributed by atoms with E-state index in [2.05, 4.69) is 5.32 Å². The van der Waals surface area contributed by atoms with Crippen LogP contribution in [0.1, 0.15) is 37.8 Å². The third-order valence-electron chi connectivity index (χ3n) is 5.31. The second kappa shape index (κ2) is 11.4. The number of halogens is 2. The molecule has 1 N–H and O–H groups in total. The van der Waals surface area contributed by atoms with Crippen LogP contribution in [0.15, 0.2) is 36.4 Å². The van der Waals surface area contributed by atoms with Gasteiger partial charge in [-0.25, -0.2) is 0 Å². The molecule has 3 rings (SSSR count). The number of benzene rings is 2. The molecular formula is C24H28Cl2N2O4. The van der Waals surface area contributed by atoms with Crippen LogP contribution in [-0.4, -0.2) is 42.5 Å². The predicted octanol–water partition coefficient (Wildman–Crippen LogP) is 4.64. The number of likely N-dealkylation sites (N-methyl/N-ethyl adjacent to an activating group) is 1. The van der Waals surface area contributed by atoms with Crippen molar-refractivity contribution in [2.24, 2.45) is 0 Å². The minimum Gasteiger partial charge on any atom is -0.486 e. The van der Waals surface area contributed by atoms with Crippen molar-refractivity contribution in [2.75, 3.05) is 19.8 Å². The topological polar surface area (TPSA) is 67.9 Å². The van der Waals surface area contributed by atoms with Gasteiger partial charge in [-0.2, -0.15) is 0 Å². The van der Waals surface area contributed by atoms with Gasteiger partial charge in [0.05, 0.1) is 10.0 Å². The van der Waals surface area contributed by atoms with Gasteiger partial charge in [0, 0.05) is 19.5 Å². The first-order chi connectivity index (χ1) is 15.4. The lowest BCUT2D eigenvalue weighted by molar-refractivity contribution is -0.141. The van der Waals surface area contributed by atoms with E-state index in [1.807, 2.05) is 38.1 Å². The number of amides is 2. The van der Waals surface area contributed by atoms with Crippen molar-refractivity contribution in [3.63, 3.8) is 0 Å². The Kier molecular flexibility index (Phi) is 8.65. The van der Waals surface area contributed by atoms with Gasteiger partial charge in [0.1, 0.15) is 19.3 Å². The average molecular weight is 479 g/mol. The average Bonchev–Trinajstić information content (AvgIpc) is 2.79. The number of ether oxygens (including phenoxy) is 2. The van der Waals surface area contributed by atoms with E-state index < -0.39 is 6.04 Å². The molecule has 0 aromatic heterocycles. The first kappa shape index (κ1) is 24.2. The minimum absolute atomic E-state index is 0.107. The van der Waals surface area contributed by atoms with Crippen LogP contribution in [-0.2, 0) is 22.6 Å². The number of aryl methyl sites for hydroxylation is 1. The molecule has 8 heteroatoms. The summed E-state index contributed by atoms with van der Waals surface area (Å²) in [6.07, 6.45) is 1.29. The number of fused-ring (bicyclic) bond motifs is 1. The quantitative estimate of drug-likeness (QED) is 0.569. The third kappa shape index (κ3) is 6.08. The summed E-state index contributed by atoms with van der Waals surface area (Å²) < 4.78 is 11.2. The molecule has 32 heavy (non-hydrogen) atoms. The summed E-state index contributed by atoms with van der Waals surface area (Å²) >= 11 is 12.2. The molecule has 1 atom stereocenters. The van der Waals surface area contributed by atoms with E-state index in [9.17, 15) is 9.59 Å². The number of nitrogens with one attached hydrogen (secondary N) is 1. The summed E-state index contributed by atoms with van der Waals surface area (Å²) in [4.78, 5) is 27.6. The zero-order valence-electron chi connectivity index (χ0n) is 18.3. The fraction of sp³-hybridized carbons (Fsp3) is 0.417. The van der Waals surface area contributed by atoms with Gasteiger partial charge in [-0.1, -0.05) is 42.3 Å². The maximum Gasteiger partial charge on any atom is 0.242 e. The molecular weight excluding hydrogens is 451 g/mol. The van der Waals surface area contributed by atoms with Gasteiger partial charge >= 0.3 is 0 Å². The summed E-state index contributed by atoms with van der Waals surface area (Å²) in [5.74, 6) is 1.14. The molecule has 1 heterocycles. The highest BCUT2D eigenvalue weighted by Crippen LogP contribution is 2.31. The molecule has 0 aliphatic carbocycles. The lowest BCUT2D eigenvalue weighted by Gasteiger charge is -2.31. The largest absolute Gasteiger partial charge is 0.486 e. The fourth-order valence-electron chi connectivity index (χ4n) is 3.68. The van der Waals surface area contributed by atoms with Crippen LogP contribution in [0.3, 0.4) is 0 Å². The first-order valence-electron chi connectivity index (χ1n) is 10.8. The van der Waals surface area contributed by atoms with Crippen molar-refractivity contribution in [1.29, 1.82) is 0 Å². The Morgan fingerprint density at radius 3 is 2.41 bits per heavy atom. The van der Waals surface area contributed by atoms with Gasteiger partial charge in [0.15, 0.2) is 11.5 Å². The van der Waals surface area contributed by atoms with Crippen LogP contribution in [0.4, 0.5) is 0 Å². The van der Waals surface area contributed by atoms with E-state index in [1.165, 1.54) is 0 Å². The Labute approximate surface area is 198 Å². The maximum absolute atomic E-state index is 13.3. The number of hydrogen-bond donors (Lipinski definition) is 1. The number of carbonyl (C=O) groups is 2. The summed E-state index contributed by atoms with van der Waals surface area (Å²) in [6, 6.07) is 10.4. The van der Waals surface area contributed by atoms with Gasteiger partial charge in [-0.3, -0.25) is 9.59 Å². The molecule has 1 aliphatic rings. The second-order valence-electron chi connectivity index (χ2n) is 7.57. The fourth-order valence-corrected chi connectivity index (χ4v) is 4.01. The smallest absolute Gasteiger partial charge is 0.242 e. The van der Waals surface area contributed by atoms with Gasteiger partial charge in [-0.15, -0.1) is 0 Å². The predicted molar refractivity (Wildman–Crippen MR) is 126 cm³/mol. The summed E-state index contributed by atoms with van der Waals surface area (Å²) in [5, 5.41) is 3.70. The first-order valence-corrected chi connectivity index (χ1v) is 11.6. The lowest BCUT2D eigenvalue weighted by atomic mass is 10.1. The van der Waals surface area contributed by atoms with Crippen molar-refractivity contribution in [3.8, 4) is 11.5 Å². The highest BCUT2D eigenvalue weighted by Gasteiger charge is 2.28. The normalized spacial score (nSPS) is 13.4. The second-order valence-corrected chi connectivity index (χ2v) is 8.38. The minimum atomic E-state index is -0.572. The van der Waals surface area contributed by atoms with Gasteiger partial charge < -0.3 is 19.7 Å². The summed E-state index contributed by atoms with van der Waals surface area (Å²) in [6.45, 7) is 5.57. The molecule has 0 saturated carbocycles. The molecule has 0 radical (unpaired) electrons. The zero-order chi connectivity index (χ0) is 23.1. The van der Waals surface area contributed by atoms with Crippen LogP contribution < -0.4 is 14.8 Å². The number of carbonyl (C=O) groups excluding carboxylic acids is 2. The number of nitrogens with zero attached hydrogens (tertiary/aromatic N) is 1. The van der Waals surface area contributed by atoms with Crippen LogP contribution in [0.2, 0.25) is 10.0 Å². The van der Waals surface area contributed by atoms with E-state index in [-0.39, 0.29) is 24.8 Å². The Balaban J connectivity index is 1.77. The van der Waals surface area contributed by atoms with E-state index in [0.29, 0.717) is 48.4 Å². The Morgan fingerprint density at radius 2 is 1.72 bits per heavy atom. The molecule has 2 amide bonds. The van der Waals surface area contributed by atoms with Crippen LogP contribution >= 0.6 is 23.2 Å². The number of hydrogen-bond acceptors (Lipinski definition) is 4. The highest BCUT2D eigenvalue weighted by atomic mass is 35.5. The monoisotopic (exact) mass is 478 g/mol. The Morgan fingerprint density at radius 1 is 1.00 bits per heavy atom. The standard InChI is InChI=1S/C24H28Cl2N2O4/c1-3-20(24(30)27-4-2)28(15-17-5-8-18(25)19(26)13-17)23(29)10-7-16-6-9-21-22(14-16)32-12-11-31-21/h5-6,8-9,13-14,20H,3-4,7,10-12,15H2,1-2H3,(H,27,30). The summed E-state index contributed by atoms with van der Waals surface area (Å²) in [7, 11) is 0. The maximum atomic E-state index is 13.3. The molecule has 1 unspecified atom stereocenters. The SMILES string of the molecule is CCNC(=O)C(CC)N(Cc1ccc(Cl)c(Cl)c1)C(=O)CCc1ccc2c(c1)OCCO2. The molecule has 0 fully saturated rings. The third-order valence-corrected chi connectivity index (χ3v) is 6.05. The van der Waals surface area contributed by atoms with Crippen LogP contribution in [0.5, 0.6) is 11.5 Å². The lowest BCUT2D eigenvalue weighted by Crippen LogP contribution is -2.49. The summed E-state index contributed by atoms with van der Waals surface area (Å²) in [5.41, 5.74) is 1.79. The zero-order valence-corrected chi connectivity index (χ0v) is 19.8. The van der Waals surface area contributed by atoms with Crippen molar-refractivity contribution >= 4 is 35.0 Å². The van der Waals surface area contributed by atoms with Crippen LogP contribution in [0.25, 0.3) is 0 Å². The van der Waals surface area contributed by atoms with E-state index >= 15 is 0 Å². The van der Waals surface area contributed by atoms with Gasteiger partial charge in [-0.05, 0) is 55.2 Å². The molecule has 0 bridgehead atoms. The van der Waals surface area contributed by atoms with Crippen molar-refractivity contribution in [3.05, 3.63) is 57.6 Å². The molecule has 2 aromatic rings. The van der Waals surface area contributed by atoms with Crippen molar-refractivity contribution in [1.82, 2.24) is 10.2 Å². The van der Waals surface area contributed by atoms with Crippen molar-refractivity contribution < 1.29 is 19.1 Å². The van der Waals surface area contributed by atoms with Crippen LogP contribution in [0, 0.1) is 0 Å². The van der Waals surface area contributed by atoms with E-state index in [1.54, 1.807) is 17.0 Å². The van der Waals surface area contributed by atoms with Gasteiger partial charge in [0.25, 0.3) is 0 Å². The highest BCUT2D eigenvalue weighted by molar-refractivity contribution is 6.42. The molecule has 1 aliphatic heterocycles. The Hall–Kier alpha value is -2.44. The molecule has 0 saturated heterocycles. The van der Waals surface area contributed by atoms with Crippen molar-refractivity contribution in [2.45, 2.75) is 45.7 Å². The molecule has 172 valence electrons. The molecule has 0 spiro atoms. The van der Waals surface area contributed by atoms with E-state index in [0.717, 1.165) is 16.9 Å².